The van der Waals surface area contributed by atoms with Crippen LogP contribution in [0.3, 0.4) is 0 Å². The van der Waals surface area contributed by atoms with Crippen molar-refractivity contribution in [3.8, 4) is 11.8 Å². The van der Waals surface area contributed by atoms with Crippen LogP contribution in [-0.4, -0.2) is 34.7 Å². The minimum atomic E-state index is -0.953. The lowest BCUT2D eigenvalue weighted by Gasteiger charge is -2.10. The fourth-order valence-electron chi connectivity index (χ4n) is 1.39. The molecule has 2 atom stereocenters. The number of carbonyl (C=O) groups excluding carboxylic acids is 1. The molecule has 0 aliphatic rings. The highest BCUT2D eigenvalue weighted by atomic mass is 32.2. The largest absolute Gasteiger partial charge is 0.351 e. The molecule has 0 saturated heterocycles. The van der Waals surface area contributed by atoms with Crippen LogP contribution in [0.15, 0.2) is 24.3 Å². The SMILES string of the molecule is CC(CNC(=O)c1ccccc1C#CCN)S(C)=O. The average molecular weight is 278 g/mol. The molecule has 0 aliphatic carbocycles. The van der Waals surface area contributed by atoms with E-state index in [0.29, 0.717) is 17.7 Å². The van der Waals surface area contributed by atoms with E-state index < -0.39 is 10.8 Å². The van der Waals surface area contributed by atoms with Gasteiger partial charge >= 0.3 is 0 Å². The van der Waals surface area contributed by atoms with Crippen LogP contribution in [-0.2, 0) is 10.8 Å². The smallest absolute Gasteiger partial charge is 0.252 e. The molecule has 0 fully saturated rings. The molecule has 3 N–H and O–H groups in total. The second-order valence-corrected chi connectivity index (χ2v) is 5.87. The number of hydrogen-bond donors (Lipinski definition) is 2. The second-order valence-electron chi connectivity index (χ2n) is 4.07. The molecule has 1 amide bonds. The summed E-state index contributed by atoms with van der Waals surface area (Å²) in [6.07, 6.45) is 1.62. The number of hydrogen-bond acceptors (Lipinski definition) is 3. The van der Waals surface area contributed by atoms with Crippen molar-refractivity contribution in [1.82, 2.24) is 5.32 Å². The number of rotatable bonds is 4. The van der Waals surface area contributed by atoms with E-state index in [0.717, 1.165) is 0 Å². The molecule has 1 aromatic rings. The van der Waals surface area contributed by atoms with Crippen molar-refractivity contribution in [2.24, 2.45) is 5.73 Å². The third-order valence-electron chi connectivity index (χ3n) is 2.61. The van der Waals surface area contributed by atoms with Crippen LogP contribution in [0.1, 0.15) is 22.8 Å². The van der Waals surface area contributed by atoms with E-state index in [1.54, 1.807) is 24.5 Å². The fourth-order valence-corrected chi connectivity index (χ4v) is 1.70. The highest BCUT2D eigenvalue weighted by Gasteiger charge is 2.12. The Balaban J connectivity index is 2.79. The maximum Gasteiger partial charge on any atom is 0.252 e. The lowest BCUT2D eigenvalue weighted by atomic mass is 10.1. The summed E-state index contributed by atoms with van der Waals surface area (Å²) in [5.74, 6) is 5.39. The quantitative estimate of drug-likeness (QED) is 0.788. The molecule has 0 aromatic heterocycles. The normalized spacial score (nSPS) is 13.0. The van der Waals surface area contributed by atoms with Crippen LogP contribution in [0, 0.1) is 11.8 Å². The molecule has 0 bridgehead atoms. The minimum Gasteiger partial charge on any atom is -0.351 e. The van der Waals surface area contributed by atoms with Gasteiger partial charge in [0.2, 0.25) is 0 Å². The van der Waals surface area contributed by atoms with Gasteiger partial charge in [0.25, 0.3) is 5.91 Å². The van der Waals surface area contributed by atoms with E-state index in [4.69, 9.17) is 5.73 Å². The molecule has 0 spiro atoms. The van der Waals surface area contributed by atoms with Crippen molar-refractivity contribution in [1.29, 1.82) is 0 Å². The van der Waals surface area contributed by atoms with Gasteiger partial charge in [0.15, 0.2) is 0 Å². The van der Waals surface area contributed by atoms with Crippen molar-refractivity contribution in [2.75, 3.05) is 19.3 Å². The summed E-state index contributed by atoms with van der Waals surface area (Å²) >= 11 is 0. The van der Waals surface area contributed by atoms with Crippen LogP contribution in [0.5, 0.6) is 0 Å². The summed E-state index contributed by atoms with van der Waals surface area (Å²) in [7, 11) is -0.953. The summed E-state index contributed by atoms with van der Waals surface area (Å²) in [4.78, 5) is 12.0. The number of amides is 1. The predicted octanol–water partition coefficient (Wildman–Crippen LogP) is 0.494. The van der Waals surface area contributed by atoms with E-state index in [1.165, 1.54) is 0 Å². The molecule has 102 valence electrons. The first-order valence-electron chi connectivity index (χ1n) is 5.94. The van der Waals surface area contributed by atoms with Gasteiger partial charge in [-0.05, 0) is 19.1 Å². The summed E-state index contributed by atoms with van der Waals surface area (Å²) in [6.45, 7) is 2.46. The molecule has 1 rings (SSSR count). The van der Waals surface area contributed by atoms with Gasteiger partial charge in [0, 0.05) is 34.4 Å². The Morgan fingerprint density at radius 3 is 2.79 bits per heavy atom. The molecular formula is C14H18N2O2S. The van der Waals surface area contributed by atoms with Gasteiger partial charge in [-0.2, -0.15) is 0 Å². The zero-order chi connectivity index (χ0) is 14.3. The number of carbonyl (C=O) groups is 1. The monoisotopic (exact) mass is 278 g/mol. The van der Waals surface area contributed by atoms with Crippen LogP contribution in [0.25, 0.3) is 0 Å². The lowest BCUT2D eigenvalue weighted by Crippen LogP contribution is -2.32. The number of benzene rings is 1. The van der Waals surface area contributed by atoms with Gasteiger partial charge in [-0.15, -0.1) is 0 Å². The Kier molecular flexibility index (Phi) is 6.26. The van der Waals surface area contributed by atoms with Crippen LogP contribution < -0.4 is 11.1 Å². The van der Waals surface area contributed by atoms with Crippen LogP contribution in [0.2, 0.25) is 0 Å². The topological polar surface area (TPSA) is 72.2 Å². The lowest BCUT2D eigenvalue weighted by molar-refractivity contribution is 0.0954. The molecule has 0 heterocycles. The Morgan fingerprint density at radius 2 is 2.16 bits per heavy atom. The molecular weight excluding hydrogens is 260 g/mol. The van der Waals surface area contributed by atoms with E-state index in [2.05, 4.69) is 17.2 Å². The number of nitrogens with one attached hydrogen (secondary N) is 1. The van der Waals surface area contributed by atoms with Gasteiger partial charge in [0.1, 0.15) is 0 Å². The molecule has 19 heavy (non-hydrogen) atoms. The molecule has 4 nitrogen and oxygen atoms in total. The first-order chi connectivity index (χ1) is 9.06. The van der Waals surface area contributed by atoms with E-state index in [9.17, 15) is 9.00 Å². The van der Waals surface area contributed by atoms with Crippen molar-refractivity contribution in [2.45, 2.75) is 12.2 Å². The van der Waals surface area contributed by atoms with Gasteiger partial charge in [-0.3, -0.25) is 9.00 Å². The molecule has 0 saturated carbocycles. The summed E-state index contributed by atoms with van der Waals surface area (Å²) in [5.41, 5.74) is 6.49. The van der Waals surface area contributed by atoms with E-state index in [-0.39, 0.29) is 17.7 Å². The van der Waals surface area contributed by atoms with Gasteiger partial charge in [-0.1, -0.05) is 24.0 Å². The van der Waals surface area contributed by atoms with Gasteiger partial charge in [0.05, 0.1) is 12.1 Å². The maximum absolute atomic E-state index is 12.0. The van der Waals surface area contributed by atoms with Crippen molar-refractivity contribution in [3.63, 3.8) is 0 Å². The van der Waals surface area contributed by atoms with Crippen molar-refractivity contribution in [3.05, 3.63) is 35.4 Å². The first kappa shape index (κ1) is 15.4. The average Bonchev–Trinajstić information content (AvgIpc) is 2.42. The van der Waals surface area contributed by atoms with Crippen molar-refractivity contribution >= 4 is 16.7 Å². The maximum atomic E-state index is 12.0. The highest BCUT2D eigenvalue weighted by Crippen LogP contribution is 2.07. The van der Waals surface area contributed by atoms with Crippen molar-refractivity contribution < 1.29 is 9.00 Å². The second kappa shape index (κ2) is 7.72. The minimum absolute atomic E-state index is 0.0776. The molecule has 0 aliphatic heterocycles. The predicted molar refractivity (Wildman–Crippen MR) is 78.2 cm³/mol. The Bertz CT molecular complexity index is 532. The van der Waals surface area contributed by atoms with Gasteiger partial charge in [-0.25, -0.2) is 0 Å². The third kappa shape index (κ3) is 4.86. The first-order valence-corrected chi connectivity index (χ1v) is 7.56. The van der Waals surface area contributed by atoms with Crippen LogP contribution >= 0.6 is 0 Å². The Hall–Kier alpha value is -1.64. The van der Waals surface area contributed by atoms with E-state index >= 15 is 0 Å². The number of nitrogens with two attached hydrogens (primary N) is 1. The zero-order valence-electron chi connectivity index (χ0n) is 11.1. The van der Waals surface area contributed by atoms with Gasteiger partial charge < -0.3 is 11.1 Å². The van der Waals surface area contributed by atoms with E-state index in [1.807, 2.05) is 13.0 Å². The molecule has 1 aromatic carbocycles. The summed E-state index contributed by atoms with van der Waals surface area (Å²) < 4.78 is 11.2. The zero-order valence-corrected chi connectivity index (χ0v) is 11.9. The molecule has 0 radical (unpaired) electrons. The van der Waals surface area contributed by atoms with Crippen LogP contribution in [0.4, 0.5) is 0 Å². The molecule has 5 heteroatoms. The standard InChI is InChI=1S/C14H18N2O2S/c1-11(19(2)18)10-16-14(17)13-8-4-3-6-12(13)7-5-9-15/h3-4,6,8,11H,9-10,15H2,1-2H3,(H,16,17). The third-order valence-corrected chi connectivity index (χ3v) is 3.91. The Morgan fingerprint density at radius 1 is 1.47 bits per heavy atom. The molecule has 2 unspecified atom stereocenters. The fraction of sp³-hybridized carbons (Fsp3) is 0.357. The highest BCUT2D eigenvalue weighted by molar-refractivity contribution is 7.84. The summed E-state index contributed by atoms with van der Waals surface area (Å²) in [5, 5.41) is 2.69. The Labute approximate surface area is 116 Å². The summed E-state index contributed by atoms with van der Waals surface area (Å²) in [6, 6.07) is 7.09.